The van der Waals surface area contributed by atoms with E-state index in [-0.39, 0.29) is 13.2 Å². The Hall–Kier alpha value is -1.00. The van der Waals surface area contributed by atoms with E-state index in [9.17, 15) is 4.57 Å². The Morgan fingerprint density at radius 2 is 1.60 bits per heavy atom. The highest BCUT2D eigenvalue weighted by Crippen LogP contribution is 2.21. The van der Waals surface area contributed by atoms with Crippen molar-refractivity contribution < 1.29 is 13.6 Å². The van der Waals surface area contributed by atoms with Crippen molar-refractivity contribution in [1.82, 2.24) is 0 Å². The van der Waals surface area contributed by atoms with Gasteiger partial charge in [-0.1, -0.05) is 0 Å². The molecule has 0 spiro atoms. The van der Waals surface area contributed by atoms with Crippen molar-refractivity contribution in [3.8, 4) is 12.1 Å². The first-order chi connectivity index (χ1) is 4.81. The summed E-state index contributed by atoms with van der Waals surface area (Å²) in [5.74, 6) is 0. The van der Waals surface area contributed by atoms with E-state index in [0.29, 0.717) is 0 Å². The molecule has 0 radical (unpaired) electrons. The lowest BCUT2D eigenvalue weighted by atomic mass is 10.9. The first-order valence-electron chi connectivity index (χ1n) is 2.28. The molecule has 0 heterocycles. The normalized spacial score (nSPS) is 7.80. The maximum Gasteiger partial charge on any atom is 0.699 e. The van der Waals surface area contributed by atoms with Gasteiger partial charge in [0.1, 0.15) is 0 Å². The van der Waals surface area contributed by atoms with Crippen molar-refractivity contribution >= 4 is 8.25 Å². The Morgan fingerprint density at radius 3 is 1.90 bits per heavy atom. The predicted molar refractivity (Wildman–Crippen MR) is 30.7 cm³/mol. The molecule has 0 saturated heterocycles. The third-order valence-corrected chi connectivity index (χ3v) is 1.15. The van der Waals surface area contributed by atoms with Crippen molar-refractivity contribution in [1.29, 1.82) is 10.5 Å². The number of hydrogen-bond acceptors (Lipinski definition) is 5. The van der Waals surface area contributed by atoms with Crippen LogP contribution in [0.5, 0.6) is 0 Å². The highest BCUT2D eigenvalue weighted by atomic mass is 31.1. The summed E-state index contributed by atoms with van der Waals surface area (Å²) in [5.41, 5.74) is 0. The largest absolute Gasteiger partial charge is 0.699 e. The van der Waals surface area contributed by atoms with Crippen LogP contribution in [-0.2, 0) is 13.6 Å². The molecule has 0 unspecified atom stereocenters. The highest BCUT2D eigenvalue weighted by Gasteiger charge is 2.18. The van der Waals surface area contributed by atoms with E-state index in [1.54, 1.807) is 12.1 Å². The van der Waals surface area contributed by atoms with Gasteiger partial charge in [0.2, 0.25) is 0 Å². The Balaban J connectivity index is 3.30. The monoisotopic (exact) mass is 159 g/mol. The molecule has 0 N–H and O–H groups in total. The van der Waals surface area contributed by atoms with Gasteiger partial charge in [-0.15, -0.1) is 9.05 Å². The quantitative estimate of drug-likeness (QED) is 0.564. The average Bonchev–Trinajstić information content (AvgIpc) is 1.97. The van der Waals surface area contributed by atoms with Crippen LogP contribution in [0.2, 0.25) is 0 Å². The fourth-order valence-electron chi connectivity index (χ4n) is 0.200. The average molecular weight is 159 g/mol. The second-order valence-corrected chi connectivity index (χ2v) is 2.05. The lowest BCUT2D eigenvalue weighted by Crippen LogP contribution is -1.85. The van der Waals surface area contributed by atoms with Crippen LogP contribution in [0.1, 0.15) is 0 Å². The van der Waals surface area contributed by atoms with Crippen LogP contribution in [0.4, 0.5) is 0 Å². The molecule has 5 nitrogen and oxygen atoms in total. The summed E-state index contributed by atoms with van der Waals surface area (Å²) in [4.78, 5) is 0. The summed E-state index contributed by atoms with van der Waals surface area (Å²) >= 11 is 0. The van der Waals surface area contributed by atoms with Crippen molar-refractivity contribution in [2.75, 3.05) is 13.2 Å². The van der Waals surface area contributed by atoms with Gasteiger partial charge in [0, 0.05) is 4.57 Å². The summed E-state index contributed by atoms with van der Waals surface area (Å²) in [6.45, 7) is -0.582. The molecule has 0 bridgehead atoms. The molecular weight excluding hydrogens is 155 g/mol. The minimum Gasteiger partial charge on any atom is -0.196 e. The van der Waals surface area contributed by atoms with Crippen LogP contribution in [0, 0.1) is 22.7 Å². The summed E-state index contributed by atoms with van der Waals surface area (Å²) in [5, 5.41) is 15.8. The minimum atomic E-state index is -2.29. The van der Waals surface area contributed by atoms with E-state index < -0.39 is 8.25 Å². The van der Waals surface area contributed by atoms with Gasteiger partial charge in [-0.3, -0.25) is 0 Å². The molecular formula is C4H4N2O3P+. The molecule has 0 aromatic rings. The van der Waals surface area contributed by atoms with Crippen molar-refractivity contribution in [2.24, 2.45) is 0 Å². The van der Waals surface area contributed by atoms with Gasteiger partial charge >= 0.3 is 8.25 Å². The van der Waals surface area contributed by atoms with Crippen molar-refractivity contribution in [3.05, 3.63) is 0 Å². The number of nitriles is 2. The summed E-state index contributed by atoms with van der Waals surface area (Å²) in [7, 11) is -2.29. The molecule has 10 heavy (non-hydrogen) atoms. The third kappa shape index (κ3) is 5.14. The number of rotatable bonds is 4. The van der Waals surface area contributed by atoms with Crippen LogP contribution in [0.15, 0.2) is 0 Å². The summed E-state index contributed by atoms with van der Waals surface area (Å²) in [6, 6.07) is 3.21. The molecule has 0 fully saturated rings. The van der Waals surface area contributed by atoms with Gasteiger partial charge in [0.15, 0.2) is 13.2 Å². The van der Waals surface area contributed by atoms with Gasteiger partial charge in [-0.05, 0) is 0 Å². The second-order valence-electron chi connectivity index (χ2n) is 1.09. The Kier molecular flexibility index (Phi) is 5.51. The fraction of sp³-hybridized carbons (Fsp3) is 0.500. The Labute approximate surface area is 58.7 Å². The van der Waals surface area contributed by atoms with Gasteiger partial charge in [0.05, 0.1) is 12.1 Å². The topological polar surface area (TPSA) is 83.1 Å². The van der Waals surface area contributed by atoms with E-state index >= 15 is 0 Å². The zero-order chi connectivity index (χ0) is 7.82. The van der Waals surface area contributed by atoms with Crippen molar-refractivity contribution in [3.63, 3.8) is 0 Å². The number of hydrogen-bond donors (Lipinski definition) is 0. The van der Waals surface area contributed by atoms with E-state index in [2.05, 4.69) is 9.05 Å². The van der Waals surface area contributed by atoms with Crippen LogP contribution < -0.4 is 0 Å². The SMILES string of the molecule is N#CCO[P+](=O)OCC#N. The van der Waals surface area contributed by atoms with E-state index in [1.165, 1.54) is 0 Å². The molecule has 0 aromatic carbocycles. The lowest BCUT2D eigenvalue weighted by Gasteiger charge is -1.76. The second kappa shape index (κ2) is 6.12. The smallest absolute Gasteiger partial charge is 0.196 e. The molecule has 0 aromatic heterocycles. The molecule has 0 rings (SSSR count). The summed E-state index contributed by atoms with van der Waals surface area (Å²) < 4.78 is 18.9. The number of nitrogens with zero attached hydrogens (tertiary/aromatic N) is 2. The molecule has 0 aliphatic rings. The first-order valence-corrected chi connectivity index (χ1v) is 3.37. The van der Waals surface area contributed by atoms with Gasteiger partial charge < -0.3 is 0 Å². The van der Waals surface area contributed by atoms with Gasteiger partial charge in [0.25, 0.3) is 0 Å². The molecule has 0 aliphatic carbocycles. The zero-order valence-electron chi connectivity index (χ0n) is 4.98. The molecule has 0 saturated carbocycles. The summed E-state index contributed by atoms with van der Waals surface area (Å²) in [6.07, 6.45) is 0. The van der Waals surface area contributed by atoms with Crippen LogP contribution in [0.3, 0.4) is 0 Å². The van der Waals surface area contributed by atoms with E-state index in [0.717, 1.165) is 0 Å². The zero-order valence-corrected chi connectivity index (χ0v) is 5.88. The van der Waals surface area contributed by atoms with E-state index in [4.69, 9.17) is 10.5 Å². The molecule has 6 heteroatoms. The maximum atomic E-state index is 10.4. The van der Waals surface area contributed by atoms with E-state index in [1.807, 2.05) is 0 Å². The first kappa shape index (κ1) is 9.00. The Morgan fingerprint density at radius 1 is 1.20 bits per heavy atom. The van der Waals surface area contributed by atoms with Gasteiger partial charge in [-0.25, -0.2) is 0 Å². The Bertz CT molecular complexity index is 172. The standard InChI is InChI=1S/C4H4N2O3P/c5-1-3-8-10(7)9-4-2-6/h3-4H2/q+1. The lowest BCUT2D eigenvalue weighted by molar-refractivity contribution is 0.265. The third-order valence-electron chi connectivity index (χ3n) is 0.469. The molecule has 52 valence electrons. The van der Waals surface area contributed by atoms with Gasteiger partial charge in [-0.2, -0.15) is 10.5 Å². The highest BCUT2D eigenvalue weighted by molar-refractivity contribution is 7.33. The maximum absolute atomic E-state index is 10.4. The predicted octanol–water partition coefficient (Wildman–Crippen LogP) is 0.724. The minimum absolute atomic E-state index is 0.291. The molecule has 0 aliphatic heterocycles. The van der Waals surface area contributed by atoms with Crippen LogP contribution in [0.25, 0.3) is 0 Å². The molecule has 0 atom stereocenters. The molecule has 0 amide bonds. The van der Waals surface area contributed by atoms with Crippen molar-refractivity contribution in [2.45, 2.75) is 0 Å². The van der Waals surface area contributed by atoms with Crippen LogP contribution in [-0.4, -0.2) is 13.2 Å². The van der Waals surface area contributed by atoms with Crippen LogP contribution >= 0.6 is 8.25 Å². The fourth-order valence-corrected chi connectivity index (χ4v) is 0.601.